The largest absolute Gasteiger partial charge is 0.388 e. The summed E-state index contributed by atoms with van der Waals surface area (Å²) in [6.07, 6.45) is 2.61. The summed E-state index contributed by atoms with van der Waals surface area (Å²) in [6.45, 7) is 3.92. The van der Waals surface area contributed by atoms with E-state index in [-0.39, 0.29) is 29.8 Å². The van der Waals surface area contributed by atoms with Crippen molar-refractivity contribution in [2.45, 2.75) is 63.0 Å². The Bertz CT molecular complexity index is 1390. The van der Waals surface area contributed by atoms with E-state index in [1.807, 2.05) is 4.90 Å². The van der Waals surface area contributed by atoms with Gasteiger partial charge in [0.15, 0.2) is 0 Å². The number of carbonyl (C=O) groups is 2. The maximum Gasteiger partial charge on any atom is 0.270 e. The van der Waals surface area contributed by atoms with Crippen LogP contribution >= 0.6 is 0 Å². The van der Waals surface area contributed by atoms with E-state index in [0.29, 0.717) is 42.6 Å². The number of hydrogen-bond donors (Lipinski definition) is 2. The van der Waals surface area contributed by atoms with Crippen LogP contribution in [0.1, 0.15) is 67.2 Å². The molecule has 2 aliphatic heterocycles. The number of nitrogens with zero attached hydrogens (tertiary/aromatic N) is 2. The molecule has 200 valence electrons. The third kappa shape index (κ3) is 5.17. The number of benzene rings is 2. The molecule has 3 aromatic rings. The van der Waals surface area contributed by atoms with Crippen molar-refractivity contribution in [3.63, 3.8) is 0 Å². The third-order valence-electron chi connectivity index (χ3n) is 7.76. The molecule has 2 aromatic carbocycles. The van der Waals surface area contributed by atoms with E-state index in [0.717, 1.165) is 12.5 Å². The Morgan fingerprint density at radius 1 is 1.16 bits per heavy atom. The molecule has 5 rings (SSSR count). The van der Waals surface area contributed by atoms with Crippen LogP contribution in [0.2, 0.25) is 0 Å². The van der Waals surface area contributed by atoms with Crippen LogP contribution in [0.5, 0.6) is 0 Å². The second-order valence-corrected chi connectivity index (χ2v) is 10.8. The quantitative estimate of drug-likeness (QED) is 0.470. The van der Waals surface area contributed by atoms with E-state index in [2.05, 4.69) is 10.3 Å². The van der Waals surface area contributed by atoms with Gasteiger partial charge in [-0.1, -0.05) is 30.3 Å². The van der Waals surface area contributed by atoms with Crippen LogP contribution < -0.4 is 5.32 Å². The van der Waals surface area contributed by atoms with E-state index in [9.17, 15) is 23.5 Å². The van der Waals surface area contributed by atoms with Gasteiger partial charge in [0.25, 0.3) is 5.92 Å². The Labute approximate surface area is 218 Å². The predicted octanol–water partition coefficient (Wildman–Crippen LogP) is 4.75. The van der Waals surface area contributed by atoms with Gasteiger partial charge in [0, 0.05) is 49.5 Å². The first kappa shape index (κ1) is 26.3. The van der Waals surface area contributed by atoms with Gasteiger partial charge >= 0.3 is 0 Å². The van der Waals surface area contributed by atoms with Gasteiger partial charge in [-0.2, -0.15) is 0 Å². The van der Waals surface area contributed by atoms with Gasteiger partial charge < -0.3 is 5.11 Å². The zero-order valence-corrected chi connectivity index (χ0v) is 21.3. The highest BCUT2D eigenvalue weighted by atomic mass is 19.3. The second-order valence-electron chi connectivity index (χ2n) is 10.8. The van der Waals surface area contributed by atoms with Crippen molar-refractivity contribution in [1.82, 2.24) is 15.2 Å². The number of rotatable bonds is 5. The highest BCUT2D eigenvalue weighted by Gasteiger charge is 2.40. The maximum atomic E-state index is 15.9. The number of fused-ring (bicyclic) bond motifs is 1. The van der Waals surface area contributed by atoms with Crippen molar-refractivity contribution < 1.29 is 27.9 Å². The molecule has 0 bridgehead atoms. The zero-order chi connectivity index (χ0) is 27.2. The van der Waals surface area contributed by atoms with Crippen molar-refractivity contribution in [2.75, 3.05) is 13.1 Å². The molecule has 2 N–H and O–H groups in total. The van der Waals surface area contributed by atoms with Crippen molar-refractivity contribution >= 4 is 22.7 Å². The molecule has 0 spiro atoms. The molecular weight excluding hydrogens is 495 g/mol. The minimum Gasteiger partial charge on any atom is -0.388 e. The maximum absolute atomic E-state index is 15.9. The Balaban J connectivity index is 1.35. The number of aliphatic hydroxyl groups is 1. The molecule has 2 saturated heterocycles. The molecule has 3 heterocycles. The molecular formula is C29H30F3N3O3. The number of piperidine rings is 2. The molecule has 0 aliphatic carbocycles. The zero-order valence-electron chi connectivity index (χ0n) is 21.3. The lowest BCUT2D eigenvalue weighted by molar-refractivity contribution is -0.134. The van der Waals surface area contributed by atoms with Crippen LogP contribution in [0, 0.1) is 5.82 Å². The first-order chi connectivity index (χ1) is 17.9. The molecule has 38 heavy (non-hydrogen) atoms. The van der Waals surface area contributed by atoms with Crippen molar-refractivity contribution in [2.24, 2.45) is 0 Å². The summed E-state index contributed by atoms with van der Waals surface area (Å²) in [4.78, 5) is 30.2. The molecule has 2 amide bonds. The summed E-state index contributed by atoms with van der Waals surface area (Å²) in [5, 5.41) is 14.0. The van der Waals surface area contributed by atoms with Crippen LogP contribution in [0.25, 0.3) is 10.9 Å². The standard InChI is InChI=1S/C29H30F3N3O3/c1-28(38)16-35(15-17-3-5-19(6-4-17)29(2,31)32)12-11-23(28)21-7-9-24-22(26(21)30)13-18(14-33-24)20-8-10-25(36)34-27(20)37/h3-7,9,13-14,20,23,38H,8,10-12,15-16H2,1-2H3,(H,34,36,37). The topological polar surface area (TPSA) is 82.5 Å². The highest BCUT2D eigenvalue weighted by Crippen LogP contribution is 2.40. The normalized spacial score (nSPS) is 25.0. The Morgan fingerprint density at radius 2 is 1.89 bits per heavy atom. The average Bonchev–Trinajstić information content (AvgIpc) is 2.84. The fraction of sp³-hybridized carbons (Fsp3) is 0.414. The number of alkyl halides is 2. The van der Waals surface area contributed by atoms with Crippen molar-refractivity contribution in [3.8, 4) is 0 Å². The minimum atomic E-state index is -2.90. The second kappa shape index (κ2) is 9.78. The fourth-order valence-electron chi connectivity index (χ4n) is 5.72. The lowest BCUT2D eigenvalue weighted by Gasteiger charge is -2.43. The van der Waals surface area contributed by atoms with E-state index in [4.69, 9.17) is 0 Å². The van der Waals surface area contributed by atoms with Gasteiger partial charge in [-0.15, -0.1) is 0 Å². The lowest BCUT2D eigenvalue weighted by atomic mass is 9.77. The van der Waals surface area contributed by atoms with Crippen LogP contribution in [0.4, 0.5) is 13.2 Å². The van der Waals surface area contributed by atoms with E-state index in [1.165, 1.54) is 12.1 Å². The number of hydrogen-bond acceptors (Lipinski definition) is 5. The third-order valence-corrected chi connectivity index (χ3v) is 7.76. The molecule has 0 radical (unpaired) electrons. The van der Waals surface area contributed by atoms with E-state index in [1.54, 1.807) is 43.5 Å². The number of β-amino-alcohol motifs (C(OH)–C–C–N with tert-alkyl or cyclic N) is 1. The number of pyridine rings is 1. The molecule has 1 aromatic heterocycles. The van der Waals surface area contributed by atoms with E-state index >= 15 is 4.39 Å². The number of halogens is 3. The number of carbonyl (C=O) groups excluding carboxylic acids is 2. The Kier molecular flexibility index (Phi) is 6.77. The lowest BCUT2D eigenvalue weighted by Crippen LogP contribution is -2.50. The summed E-state index contributed by atoms with van der Waals surface area (Å²) >= 11 is 0. The number of nitrogens with one attached hydrogen (secondary N) is 1. The smallest absolute Gasteiger partial charge is 0.270 e. The van der Waals surface area contributed by atoms with Gasteiger partial charge in [0.2, 0.25) is 11.8 Å². The fourth-order valence-corrected chi connectivity index (χ4v) is 5.72. The summed E-state index contributed by atoms with van der Waals surface area (Å²) in [6, 6.07) is 11.2. The van der Waals surface area contributed by atoms with Gasteiger partial charge in [0.05, 0.1) is 17.0 Å². The summed E-state index contributed by atoms with van der Waals surface area (Å²) < 4.78 is 42.9. The van der Waals surface area contributed by atoms with Crippen molar-refractivity contribution in [1.29, 1.82) is 0 Å². The Hall–Kier alpha value is -3.30. The number of imide groups is 1. The summed E-state index contributed by atoms with van der Waals surface area (Å²) in [5.41, 5.74) is 0.953. The highest BCUT2D eigenvalue weighted by molar-refractivity contribution is 6.01. The average molecular weight is 526 g/mol. The molecule has 6 nitrogen and oxygen atoms in total. The molecule has 3 atom stereocenters. The van der Waals surface area contributed by atoms with Crippen molar-refractivity contribution in [3.05, 3.63) is 76.7 Å². The first-order valence-corrected chi connectivity index (χ1v) is 12.8. The van der Waals surface area contributed by atoms with Crippen LogP contribution in [0.3, 0.4) is 0 Å². The molecule has 2 aliphatic rings. The van der Waals surface area contributed by atoms with Crippen LogP contribution in [-0.4, -0.2) is 45.5 Å². The first-order valence-electron chi connectivity index (χ1n) is 12.8. The van der Waals surface area contributed by atoms with Gasteiger partial charge in [-0.3, -0.25) is 24.8 Å². The number of likely N-dealkylation sites (tertiary alicyclic amines) is 1. The van der Waals surface area contributed by atoms with Gasteiger partial charge in [-0.25, -0.2) is 13.2 Å². The van der Waals surface area contributed by atoms with Crippen LogP contribution in [0.15, 0.2) is 48.7 Å². The monoisotopic (exact) mass is 525 g/mol. The molecule has 9 heteroatoms. The van der Waals surface area contributed by atoms with Gasteiger partial charge in [0.1, 0.15) is 5.82 Å². The molecule has 2 fully saturated rings. The van der Waals surface area contributed by atoms with Crippen LogP contribution in [-0.2, 0) is 22.1 Å². The van der Waals surface area contributed by atoms with E-state index < -0.39 is 35.1 Å². The minimum absolute atomic E-state index is 0.0472. The molecule has 0 saturated carbocycles. The summed E-state index contributed by atoms with van der Waals surface area (Å²) in [7, 11) is 0. The molecule has 3 unspecified atom stereocenters. The Morgan fingerprint density at radius 3 is 2.55 bits per heavy atom. The number of aromatic nitrogens is 1. The number of amides is 2. The predicted molar refractivity (Wildman–Crippen MR) is 136 cm³/mol. The van der Waals surface area contributed by atoms with Gasteiger partial charge in [-0.05, 0) is 55.1 Å². The SMILES string of the molecule is CC(F)(F)c1ccc(CN2CCC(c3ccc4ncc(C5CCC(=O)NC5=O)cc4c3F)C(C)(O)C2)cc1. The summed E-state index contributed by atoms with van der Waals surface area (Å²) in [5.74, 6) is -5.14.